The monoisotopic (exact) mass is 363 g/mol. The van der Waals surface area contributed by atoms with Crippen LogP contribution in [0.2, 0.25) is 0 Å². The minimum atomic E-state index is -0.368. The Morgan fingerprint density at radius 3 is 2.52 bits per heavy atom. The Kier molecular flexibility index (Phi) is 6.38. The van der Waals surface area contributed by atoms with Crippen LogP contribution in [0.5, 0.6) is 5.75 Å². The summed E-state index contributed by atoms with van der Waals surface area (Å²) < 4.78 is 5.43. The van der Waals surface area contributed by atoms with Gasteiger partial charge in [0.05, 0.1) is 18.8 Å². The number of hydroxylamine groups is 1. The molecular weight excluding hydrogens is 342 g/mol. The van der Waals surface area contributed by atoms with Gasteiger partial charge in [0.25, 0.3) is 5.91 Å². The lowest BCUT2D eigenvalue weighted by molar-refractivity contribution is 0.0234. The van der Waals surface area contributed by atoms with Crippen molar-refractivity contribution in [2.45, 2.75) is 13.5 Å². The van der Waals surface area contributed by atoms with E-state index in [9.17, 15) is 4.79 Å². The van der Waals surface area contributed by atoms with Crippen molar-refractivity contribution in [2.24, 2.45) is 0 Å². The number of rotatable bonds is 8. The second-order valence-electron chi connectivity index (χ2n) is 5.69. The summed E-state index contributed by atoms with van der Waals surface area (Å²) >= 11 is 0. The molecule has 0 bridgehead atoms. The van der Waals surface area contributed by atoms with Crippen LogP contribution in [0.1, 0.15) is 22.8 Å². The molecule has 0 radical (unpaired) electrons. The molecule has 0 saturated heterocycles. The number of carbonyl (C=O) groups excluding carboxylic acids is 1. The number of nitrogens with one attached hydrogen (secondary N) is 2. The molecule has 1 aromatic heterocycles. The Balaban J connectivity index is 1.63. The van der Waals surface area contributed by atoms with E-state index in [0.29, 0.717) is 18.0 Å². The first-order chi connectivity index (χ1) is 13.3. The van der Waals surface area contributed by atoms with Crippen LogP contribution >= 0.6 is 0 Å². The van der Waals surface area contributed by atoms with E-state index in [1.165, 1.54) is 0 Å². The SMILES string of the molecule is CCOc1ccc(Nc2ncccc2C(=O)NOCc2ccccc2)cc1. The van der Waals surface area contributed by atoms with Crippen molar-refractivity contribution in [2.75, 3.05) is 11.9 Å². The van der Waals surface area contributed by atoms with Crippen molar-refractivity contribution in [1.29, 1.82) is 0 Å². The molecule has 0 spiro atoms. The maximum atomic E-state index is 12.4. The molecular formula is C21H21N3O3. The highest BCUT2D eigenvalue weighted by molar-refractivity contribution is 5.98. The number of aromatic nitrogens is 1. The molecule has 0 aliphatic heterocycles. The summed E-state index contributed by atoms with van der Waals surface area (Å²) in [7, 11) is 0. The van der Waals surface area contributed by atoms with Gasteiger partial charge in [-0.1, -0.05) is 30.3 Å². The Bertz CT molecular complexity index is 867. The van der Waals surface area contributed by atoms with Gasteiger partial charge in [-0.3, -0.25) is 9.63 Å². The van der Waals surface area contributed by atoms with Gasteiger partial charge in [-0.15, -0.1) is 0 Å². The van der Waals surface area contributed by atoms with Gasteiger partial charge >= 0.3 is 0 Å². The number of amides is 1. The highest BCUT2D eigenvalue weighted by atomic mass is 16.6. The number of hydrogen-bond donors (Lipinski definition) is 2. The van der Waals surface area contributed by atoms with Crippen LogP contribution in [-0.2, 0) is 11.4 Å². The lowest BCUT2D eigenvalue weighted by atomic mass is 10.2. The zero-order chi connectivity index (χ0) is 18.9. The Labute approximate surface area is 158 Å². The van der Waals surface area contributed by atoms with Crippen molar-refractivity contribution in [3.63, 3.8) is 0 Å². The van der Waals surface area contributed by atoms with Gasteiger partial charge in [-0.2, -0.15) is 0 Å². The third kappa shape index (κ3) is 5.29. The fraction of sp³-hybridized carbons (Fsp3) is 0.143. The third-order valence-electron chi connectivity index (χ3n) is 3.73. The van der Waals surface area contributed by atoms with Crippen LogP contribution in [-0.4, -0.2) is 17.5 Å². The lowest BCUT2D eigenvalue weighted by Crippen LogP contribution is -2.24. The zero-order valence-electron chi connectivity index (χ0n) is 15.0. The second kappa shape index (κ2) is 9.35. The Morgan fingerprint density at radius 1 is 1.00 bits per heavy atom. The molecule has 6 heteroatoms. The van der Waals surface area contributed by atoms with Gasteiger partial charge in [-0.25, -0.2) is 10.5 Å². The molecule has 0 saturated carbocycles. The molecule has 138 valence electrons. The molecule has 0 unspecified atom stereocenters. The highest BCUT2D eigenvalue weighted by Crippen LogP contribution is 2.21. The van der Waals surface area contributed by atoms with Gasteiger partial charge in [0.2, 0.25) is 0 Å². The first kappa shape index (κ1) is 18.4. The van der Waals surface area contributed by atoms with Crippen LogP contribution in [0.4, 0.5) is 11.5 Å². The van der Waals surface area contributed by atoms with Gasteiger partial charge in [0.15, 0.2) is 0 Å². The van der Waals surface area contributed by atoms with E-state index in [0.717, 1.165) is 17.0 Å². The zero-order valence-corrected chi connectivity index (χ0v) is 15.0. The van der Waals surface area contributed by atoms with Crippen molar-refractivity contribution >= 4 is 17.4 Å². The molecule has 27 heavy (non-hydrogen) atoms. The van der Waals surface area contributed by atoms with Crippen LogP contribution in [0.15, 0.2) is 72.9 Å². The molecule has 1 heterocycles. The molecule has 2 N–H and O–H groups in total. The van der Waals surface area contributed by atoms with E-state index < -0.39 is 0 Å². The maximum absolute atomic E-state index is 12.4. The summed E-state index contributed by atoms with van der Waals surface area (Å²) in [5, 5.41) is 3.15. The molecule has 1 amide bonds. The fourth-order valence-corrected chi connectivity index (χ4v) is 2.44. The predicted octanol–water partition coefficient (Wildman–Crippen LogP) is 4.09. The largest absolute Gasteiger partial charge is 0.494 e. The molecule has 2 aromatic carbocycles. The average molecular weight is 363 g/mol. The molecule has 3 rings (SSSR count). The molecule has 3 aromatic rings. The Morgan fingerprint density at radius 2 is 1.78 bits per heavy atom. The standard InChI is InChI=1S/C21H21N3O3/c1-2-26-18-12-10-17(11-13-18)23-20-19(9-6-14-22-20)21(25)24-27-15-16-7-4-3-5-8-16/h3-14H,2,15H2,1H3,(H,22,23)(H,24,25). The molecule has 0 fully saturated rings. The minimum absolute atomic E-state index is 0.286. The van der Waals surface area contributed by atoms with Crippen LogP contribution in [0, 0.1) is 0 Å². The highest BCUT2D eigenvalue weighted by Gasteiger charge is 2.12. The first-order valence-electron chi connectivity index (χ1n) is 8.67. The summed E-state index contributed by atoms with van der Waals surface area (Å²) in [5.41, 5.74) is 4.62. The number of nitrogens with zero attached hydrogens (tertiary/aromatic N) is 1. The summed E-state index contributed by atoms with van der Waals surface area (Å²) in [6.07, 6.45) is 1.62. The van der Waals surface area contributed by atoms with Crippen molar-refractivity contribution in [1.82, 2.24) is 10.5 Å². The van der Waals surface area contributed by atoms with Gasteiger partial charge in [-0.05, 0) is 48.9 Å². The van der Waals surface area contributed by atoms with Crippen LogP contribution in [0.25, 0.3) is 0 Å². The molecule has 6 nitrogen and oxygen atoms in total. The number of hydrogen-bond acceptors (Lipinski definition) is 5. The lowest BCUT2D eigenvalue weighted by Gasteiger charge is -2.12. The maximum Gasteiger partial charge on any atom is 0.278 e. The number of anilines is 2. The summed E-state index contributed by atoms with van der Waals surface area (Å²) in [6, 6.07) is 20.5. The van der Waals surface area contributed by atoms with E-state index in [1.807, 2.05) is 61.5 Å². The second-order valence-corrected chi connectivity index (χ2v) is 5.69. The number of pyridine rings is 1. The van der Waals surface area contributed by atoms with Crippen LogP contribution < -0.4 is 15.5 Å². The average Bonchev–Trinajstić information content (AvgIpc) is 2.71. The minimum Gasteiger partial charge on any atom is -0.494 e. The van der Waals surface area contributed by atoms with E-state index in [4.69, 9.17) is 9.57 Å². The third-order valence-corrected chi connectivity index (χ3v) is 3.73. The quantitative estimate of drug-likeness (QED) is 0.590. The fourth-order valence-electron chi connectivity index (χ4n) is 2.44. The van der Waals surface area contributed by atoms with Gasteiger partial charge in [0.1, 0.15) is 11.6 Å². The summed E-state index contributed by atoms with van der Waals surface area (Å²) in [5.74, 6) is 0.867. The summed E-state index contributed by atoms with van der Waals surface area (Å²) in [6.45, 7) is 2.83. The first-order valence-corrected chi connectivity index (χ1v) is 8.67. The normalized spacial score (nSPS) is 10.3. The smallest absolute Gasteiger partial charge is 0.278 e. The van der Waals surface area contributed by atoms with E-state index in [-0.39, 0.29) is 12.5 Å². The van der Waals surface area contributed by atoms with Crippen molar-refractivity contribution < 1.29 is 14.4 Å². The van der Waals surface area contributed by atoms with E-state index in [2.05, 4.69) is 15.8 Å². The van der Waals surface area contributed by atoms with E-state index >= 15 is 0 Å². The molecule has 0 aliphatic rings. The van der Waals surface area contributed by atoms with Crippen LogP contribution in [0.3, 0.4) is 0 Å². The number of benzene rings is 2. The topological polar surface area (TPSA) is 72.5 Å². The van der Waals surface area contributed by atoms with Gasteiger partial charge < -0.3 is 10.1 Å². The predicted molar refractivity (Wildman–Crippen MR) is 104 cm³/mol. The molecule has 0 atom stereocenters. The van der Waals surface area contributed by atoms with Crippen molar-refractivity contribution in [3.8, 4) is 5.75 Å². The summed E-state index contributed by atoms with van der Waals surface area (Å²) in [4.78, 5) is 22.0. The van der Waals surface area contributed by atoms with E-state index in [1.54, 1.807) is 18.3 Å². The number of carbonyl (C=O) groups is 1. The Hall–Kier alpha value is -3.38. The van der Waals surface area contributed by atoms with Crippen molar-refractivity contribution in [3.05, 3.63) is 84.1 Å². The van der Waals surface area contributed by atoms with Gasteiger partial charge in [0, 0.05) is 11.9 Å². The molecule has 0 aliphatic carbocycles. The number of ether oxygens (including phenoxy) is 1.